The minimum atomic E-state index is -0.991. The quantitative estimate of drug-likeness (QED) is 0.184. The Balaban J connectivity index is 1.52. The molecular weight excluding hydrogens is 637 g/mol. The van der Waals surface area contributed by atoms with Gasteiger partial charge in [-0.2, -0.15) is 0 Å². The second-order valence-corrected chi connectivity index (χ2v) is 13.0. The molecule has 0 saturated heterocycles. The van der Waals surface area contributed by atoms with Crippen LogP contribution in [0.25, 0.3) is 22.9 Å². The maximum absolute atomic E-state index is 13.1. The van der Waals surface area contributed by atoms with Gasteiger partial charge >= 0.3 is 12.1 Å². The van der Waals surface area contributed by atoms with Gasteiger partial charge in [-0.1, -0.05) is 71.8 Å². The molecule has 1 aromatic heterocycles. The summed E-state index contributed by atoms with van der Waals surface area (Å²) in [5.74, 6) is 0.352. The zero-order valence-electron chi connectivity index (χ0n) is 26.5. The summed E-state index contributed by atoms with van der Waals surface area (Å²) in [6.07, 6.45) is 11.5. The van der Waals surface area contributed by atoms with Crippen molar-refractivity contribution in [1.29, 1.82) is 0 Å². The first-order chi connectivity index (χ1) is 22.3. The van der Waals surface area contributed by atoms with Crippen LogP contribution in [0.4, 0.5) is 4.79 Å². The number of nitrogens with zero attached hydrogens (tertiary/aromatic N) is 2. The Hall–Kier alpha value is -4.79. The van der Waals surface area contributed by atoms with Crippen molar-refractivity contribution < 1.29 is 24.2 Å². The molecule has 1 aliphatic carbocycles. The number of aromatic carboxylic acids is 1. The number of alkyl carbamates (subject to hydrolysis) is 1. The van der Waals surface area contributed by atoms with Crippen molar-refractivity contribution in [3.05, 3.63) is 130 Å². The molecule has 1 aliphatic rings. The Kier molecular flexibility index (Phi) is 9.94. The van der Waals surface area contributed by atoms with E-state index in [-0.39, 0.29) is 5.56 Å². The number of imidazole rings is 1. The molecule has 0 saturated carbocycles. The van der Waals surface area contributed by atoms with Crippen LogP contribution in [0.15, 0.2) is 97.2 Å². The Bertz CT molecular complexity index is 1890. The SMILES string of the molecule is COc1cccc(C2=CCC(C=Cc3nc(-c4ccc(Cl)cc4Cl)cn3Cc3ccc(C(=O)O)cc3)(NC(=O)OC(C)(C)C)C=C2)c1. The van der Waals surface area contributed by atoms with Gasteiger partial charge in [-0.25, -0.2) is 14.6 Å². The molecule has 0 fully saturated rings. The van der Waals surface area contributed by atoms with E-state index >= 15 is 0 Å². The maximum atomic E-state index is 13.1. The fourth-order valence-corrected chi connectivity index (χ4v) is 5.62. The Labute approximate surface area is 284 Å². The van der Waals surface area contributed by atoms with Gasteiger partial charge in [0.1, 0.15) is 17.2 Å². The fraction of sp³-hybridized carbons (Fsp3) is 0.216. The van der Waals surface area contributed by atoms with Gasteiger partial charge in [0.05, 0.1) is 28.9 Å². The van der Waals surface area contributed by atoms with Gasteiger partial charge in [0, 0.05) is 23.3 Å². The van der Waals surface area contributed by atoms with E-state index in [1.165, 1.54) is 0 Å². The molecule has 242 valence electrons. The monoisotopic (exact) mass is 671 g/mol. The van der Waals surface area contributed by atoms with Crippen molar-refractivity contribution >= 4 is 46.9 Å². The number of carboxylic acid groups (broad SMARTS) is 1. The van der Waals surface area contributed by atoms with E-state index in [2.05, 4.69) is 11.4 Å². The standard InChI is InChI=1S/C37H35Cl2N3O5/c1-36(2,3)47-35(45)41-37(17-14-25(15-18-37)27-6-5-7-29(20-27)46-4)19-16-33-40-32(30-13-12-28(38)21-31(30)39)23-42(33)22-24-8-10-26(11-9-24)34(43)44/h5-17,19-21,23H,18,22H2,1-4H3,(H,41,45)(H,43,44). The summed E-state index contributed by atoms with van der Waals surface area (Å²) >= 11 is 12.7. The van der Waals surface area contributed by atoms with Crippen molar-refractivity contribution in [2.75, 3.05) is 7.11 Å². The van der Waals surface area contributed by atoms with E-state index in [0.29, 0.717) is 40.1 Å². The number of carbonyl (C=O) groups excluding carboxylic acids is 1. The second-order valence-electron chi connectivity index (χ2n) is 12.2. The molecule has 1 atom stereocenters. The lowest BCUT2D eigenvalue weighted by atomic mass is 9.86. The Morgan fingerprint density at radius 2 is 1.85 bits per heavy atom. The van der Waals surface area contributed by atoms with Crippen LogP contribution < -0.4 is 10.1 Å². The van der Waals surface area contributed by atoms with Gasteiger partial charge in [-0.05, 0) is 92.4 Å². The first-order valence-corrected chi connectivity index (χ1v) is 15.7. The first kappa shape index (κ1) is 33.6. The molecule has 1 heterocycles. The van der Waals surface area contributed by atoms with Crippen LogP contribution in [0.5, 0.6) is 5.75 Å². The molecule has 3 aromatic carbocycles. The lowest BCUT2D eigenvalue weighted by molar-refractivity contribution is 0.0494. The largest absolute Gasteiger partial charge is 0.497 e. The molecular formula is C37H35Cl2N3O5. The maximum Gasteiger partial charge on any atom is 0.408 e. The highest BCUT2D eigenvalue weighted by molar-refractivity contribution is 6.36. The fourth-order valence-electron chi connectivity index (χ4n) is 5.11. The molecule has 10 heteroatoms. The number of amides is 1. The molecule has 2 N–H and O–H groups in total. The summed E-state index contributed by atoms with van der Waals surface area (Å²) in [6.45, 7) is 5.85. The zero-order chi connectivity index (χ0) is 33.8. The summed E-state index contributed by atoms with van der Waals surface area (Å²) in [5, 5.41) is 13.4. The average molecular weight is 673 g/mol. The van der Waals surface area contributed by atoms with E-state index in [1.807, 2.05) is 86.2 Å². The summed E-state index contributed by atoms with van der Waals surface area (Å²) in [5.41, 5.74) is 2.78. The van der Waals surface area contributed by atoms with E-state index in [9.17, 15) is 14.7 Å². The zero-order valence-corrected chi connectivity index (χ0v) is 28.0. The number of rotatable bonds is 9. The van der Waals surface area contributed by atoms with Crippen LogP contribution in [-0.4, -0.2) is 45.0 Å². The third kappa shape index (κ3) is 8.52. The van der Waals surface area contributed by atoms with Crippen LogP contribution in [0.2, 0.25) is 10.0 Å². The summed E-state index contributed by atoms with van der Waals surface area (Å²) in [6, 6.07) is 19.7. The lowest BCUT2D eigenvalue weighted by Crippen LogP contribution is -2.47. The van der Waals surface area contributed by atoms with Crippen molar-refractivity contribution in [3.8, 4) is 17.0 Å². The smallest absolute Gasteiger partial charge is 0.408 e. The molecule has 0 bridgehead atoms. The molecule has 4 aromatic rings. The molecule has 1 unspecified atom stereocenters. The number of hydrogen-bond donors (Lipinski definition) is 2. The predicted molar refractivity (Wildman–Crippen MR) is 186 cm³/mol. The number of nitrogens with one attached hydrogen (secondary N) is 1. The average Bonchev–Trinajstić information content (AvgIpc) is 3.41. The molecule has 0 aliphatic heterocycles. The van der Waals surface area contributed by atoms with Crippen molar-refractivity contribution in [2.45, 2.75) is 44.9 Å². The minimum Gasteiger partial charge on any atom is -0.497 e. The number of methoxy groups -OCH3 is 1. The molecule has 0 radical (unpaired) electrons. The molecule has 8 nitrogen and oxygen atoms in total. The van der Waals surface area contributed by atoms with Gasteiger partial charge in [0.25, 0.3) is 0 Å². The van der Waals surface area contributed by atoms with Gasteiger partial charge < -0.3 is 24.5 Å². The molecule has 0 spiro atoms. The lowest BCUT2D eigenvalue weighted by Gasteiger charge is -2.32. The van der Waals surface area contributed by atoms with Crippen molar-refractivity contribution in [1.82, 2.24) is 14.9 Å². The number of hydrogen-bond acceptors (Lipinski definition) is 5. The van der Waals surface area contributed by atoms with Crippen LogP contribution >= 0.6 is 23.2 Å². The van der Waals surface area contributed by atoms with Crippen molar-refractivity contribution in [2.24, 2.45) is 0 Å². The third-order valence-electron chi connectivity index (χ3n) is 7.45. The number of aromatic nitrogens is 2. The highest BCUT2D eigenvalue weighted by Crippen LogP contribution is 2.33. The normalized spacial score (nSPS) is 16.2. The van der Waals surface area contributed by atoms with E-state index in [0.717, 1.165) is 22.4 Å². The number of carboxylic acids is 1. The third-order valence-corrected chi connectivity index (χ3v) is 8.00. The molecule has 47 heavy (non-hydrogen) atoms. The number of ether oxygens (including phenoxy) is 2. The summed E-state index contributed by atoms with van der Waals surface area (Å²) < 4.78 is 13.0. The van der Waals surface area contributed by atoms with Gasteiger partial charge in [0.2, 0.25) is 0 Å². The number of carbonyl (C=O) groups is 2. The first-order valence-electron chi connectivity index (χ1n) is 14.9. The van der Waals surface area contributed by atoms with Crippen LogP contribution in [0.1, 0.15) is 54.5 Å². The van der Waals surface area contributed by atoms with E-state index in [4.69, 9.17) is 37.7 Å². The van der Waals surface area contributed by atoms with Crippen LogP contribution in [-0.2, 0) is 11.3 Å². The summed E-state index contributed by atoms with van der Waals surface area (Å²) in [4.78, 5) is 29.4. The number of benzene rings is 3. The van der Waals surface area contributed by atoms with Crippen LogP contribution in [0, 0.1) is 0 Å². The number of halogens is 2. The highest BCUT2D eigenvalue weighted by atomic mass is 35.5. The Morgan fingerprint density at radius 1 is 1.09 bits per heavy atom. The van der Waals surface area contributed by atoms with Gasteiger partial charge in [-0.15, -0.1) is 0 Å². The topological polar surface area (TPSA) is 103 Å². The van der Waals surface area contributed by atoms with Gasteiger partial charge in [-0.3, -0.25) is 0 Å². The van der Waals surface area contributed by atoms with Gasteiger partial charge in [0.15, 0.2) is 0 Å². The second kappa shape index (κ2) is 13.9. The predicted octanol–water partition coefficient (Wildman–Crippen LogP) is 8.93. The highest BCUT2D eigenvalue weighted by Gasteiger charge is 2.30. The minimum absolute atomic E-state index is 0.203. The van der Waals surface area contributed by atoms with Crippen molar-refractivity contribution in [3.63, 3.8) is 0 Å². The van der Waals surface area contributed by atoms with E-state index in [1.54, 1.807) is 43.5 Å². The van der Waals surface area contributed by atoms with E-state index < -0.39 is 23.2 Å². The number of allylic oxidation sites excluding steroid dienone is 2. The Morgan fingerprint density at radius 3 is 2.49 bits per heavy atom. The summed E-state index contributed by atoms with van der Waals surface area (Å²) in [7, 11) is 1.63. The van der Waals surface area contributed by atoms with Crippen LogP contribution in [0.3, 0.4) is 0 Å². The molecule has 5 rings (SSSR count). The molecule has 1 amide bonds.